The number of rotatable bonds is 4. The average molecular weight is 289 g/mol. The minimum atomic E-state index is -0.119. The van der Waals surface area contributed by atoms with E-state index >= 15 is 0 Å². The van der Waals surface area contributed by atoms with Gasteiger partial charge in [0, 0.05) is 17.8 Å². The molecule has 0 aliphatic rings. The topological polar surface area (TPSA) is 68.0 Å². The highest BCUT2D eigenvalue weighted by molar-refractivity contribution is 7.08. The summed E-state index contributed by atoms with van der Waals surface area (Å²) in [5.74, 6) is 0.504. The first kappa shape index (κ1) is 14.5. The molecule has 20 heavy (non-hydrogen) atoms. The molecule has 4 nitrogen and oxygen atoms in total. The fraction of sp³-hybridized carbons (Fsp3) is 0.333. The predicted octanol–water partition coefficient (Wildman–Crippen LogP) is 3.09. The lowest BCUT2D eigenvalue weighted by molar-refractivity contribution is 0.0950. The molecule has 0 radical (unpaired) electrons. The van der Waals surface area contributed by atoms with E-state index in [0.717, 1.165) is 11.3 Å². The number of amides is 1. The molecule has 1 amide bonds. The molecule has 106 valence electrons. The number of hydrogen-bond donors (Lipinski definition) is 2. The van der Waals surface area contributed by atoms with Gasteiger partial charge >= 0.3 is 0 Å². The number of aromatic nitrogens is 1. The lowest BCUT2D eigenvalue weighted by Crippen LogP contribution is -2.23. The lowest BCUT2D eigenvalue weighted by atomic mass is 10.1. The van der Waals surface area contributed by atoms with Gasteiger partial charge in [0.15, 0.2) is 0 Å². The third-order valence-corrected chi connectivity index (χ3v) is 4.03. The van der Waals surface area contributed by atoms with E-state index < -0.39 is 0 Å². The monoisotopic (exact) mass is 289 g/mol. The molecule has 0 aliphatic carbocycles. The van der Waals surface area contributed by atoms with Crippen LogP contribution >= 0.6 is 11.3 Å². The van der Waals surface area contributed by atoms with Gasteiger partial charge in [0.25, 0.3) is 5.91 Å². The Bertz CT molecular complexity index is 619. The molecule has 0 spiro atoms. The van der Waals surface area contributed by atoms with Crippen molar-refractivity contribution < 1.29 is 4.79 Å². The van der Waals surface area contributed by atoms with E-state index in [4.69, 9.17) is 5.73 Å². The van der Waals surface area contributed by atoms with Crippen LogP contribution in [0, 0.1) is 6.92 Å². The van der Waals surface area contributed by atoms with Gasteiger partial charge in [0.1, 0.15) is 5.82 Å². The van der Waals surface area contributed by atoms with Crippen molar-refractivity contribution in [2.24, 2.45) is 0 Å². The number of carbonyl (C=O) groups excluding carboxylic acids is 1. The summed E-state index contributed by atoms with van der Waals surface area (Å²) in [4.78, 5) is 16.4. The van der Waals surface area contributed by atoms with E-state index in [0.29, 0.717) is 17.9 Å². The maximum absolute atomic E-state index is 12.2. The summed E-state index contributed by atoms with van der Waals surface area (Å²) in [6.45, 7) is 6.63. The van der Waals surface area contributed by atoms with Crippen LogP contribution < -0.4 is 11.1 Å². The zero-order valence-electron chi connectivity index (χ0n) is 11.9. The van der Waals surface area contributed by atoms with Crippen molar-refractivity contribution in [1.29, 1.82) is 0 Å². The fourth-order valence-electron chi connectivity index (χ4n) is 1.85. The van der Waals surface area contributed by atoms with E-state index in [1.54, 1.807) is 23.5 Å². The number of thiophene rings is 1. The van der Waals surface area contributed by atoms with E-state index in [1.165, 1.54) is 5.56 Å². The van der Waals surface area contributed by atoms with Crippen LogP contribution in [0.2, 0.25) is 0 Å². The van der Waals surface area contributed by atoms with E-state index in [-0.39, 0.29) is 11.8 Å². The zero-order chi connectivity index (χ0) is 14.7. The second-order valence-corrected chi connectivity index (χ2v) is 5.87. The zero-order valence-corrected chi connectivity index (χ0v) is 12.8. The Morgan fingerprint density at radius 3 is 2.75 bits per heavy atom. The smallest absolute Gasteiger partial charge is 0.251 e. The standard InChI is InChI=1S/C15H19N3OS/c1-9(2)13-4-11(5-14(16)18-13)15(19)17-6-12-8-20-7-10(12)3/h4-5,7-9H,6H2,1-3H3,(H2,16,18)(H,17,19). The van der Waals surface area contributed by atoms with Crippen molar-refractivity contribution in [3.8, 4) is 0 Å². The number of nitrogens with one attached hydrogen (secondary N) is 1. The van der Waals surface area contributed by atoms with Crippen molar-refractivity contribution in [1.82, 2.24) is 10.3 Å². The molecule has 0 saturated carbocycles. The highest BCUT2D eigenvalue weighted by atomic mass is 32.1. The number of nitrogens with zero attached hydrogens (tertiary/aromatic N) is 1. The second kappa shape index (κ2) is 6.05. The Hall–Kier alpha value is -1.88. The summed E-state index contributed by atoms with van der Waals surface area (Å²) in [6, 6.07) is 3.42. The second-order valence-electron chi connectivity index (χ2n) is 5.12. The molecule has 0 aliphatic heterocycles. The maximum atomic E-state index is 12.2. The molecule has 0 fully saturated rings. The van der Waals surface area contributed by atoms with E-state index in [9.17, 15) is 4.79 Å². The van der Waals surface area contributed by atoms with Crippen LogP contribution in [-0.4, -0.2) is 10.9 Å². The molecule has 3 N–H and O–H groups in total. The molecule has 2 heterocycles. The Morgan fingerprint density at radius 1 is 1.40 bits per heavy atom. The Morgan fingerprint density at radius 2 is 2.15 bits per heavy atom. The number of pyridine rings is 1. The van der Waals surface area contributed by atoms with Gasteiger partial charge in [-0.2, -0.15) is 11.3 Å². The van der Waals surface area contributed by atoms with Crippen LogP contribution in [0.25, 0.3) is 0 Å². The molecule has 5 heteroatoms. The Labute approximate surface area is 123 Å². The van der Waals surface area contributed by atoms with Gasteiger partial charge in [0.05, 0.1) is 0 Å². The van der Waals surface area contributed by atoms with Crippen LogP contribution in [0.3, 0.4) is 0 Å². The summed E-state index contributed by atoms with van der Waals surface area (Å²) in [7, 11) is 0. The molecule has 0 atom stereocenters. The molecular weight excluding hydrogens is 270 g/mol. The Kier molecular flexibility index (Phi) is 4.39. The number of nitrogens with two attached hydrogens (primary N) is 1. The highest BCUT2D eigenvalue weighted by Crippen LogP contribution is 2.17. The third-order valence-electron chi connectivity index (χ3n) is 3.12. The van der Waals surface area contributed by atoms with Crippen molar-refractivity contribution in [2.75, 3.05) is 5.73 Å². The van der Waals surface area contributed by atoms with Gasteiger partial charge in [0.2, 0.25) is 0 Å². The number of hydrogen-bond acceptors (Lipinski definition) is 4. The van der Waals surface area contributed by atoms with Gasteiger partial charge < -0.3 is 11.1 Å². The van der Waals surface area contributed by atoms with Gasteiger partial charge in [-0.15, -0.1) is 0 Å². The third kappa shape index (κ3) is 3.36. The molecule has 0 unspecified atom stereocenters. The van der Waals surface area contributed by atoms with E-state index in [1.807, 2.05) is 20.8 Å². The predicted molar refractivity (Wildman–Crippen MR) is 83.0 cm³/mol. The Balaban J connectivity index is 2.11. The number of carbonyl (C=O) groups is 1. The quantitative estimate of drug-likeness (QED) is 0.909. The first-order valence-electron chi connectivity index (χ1n) is 6.54. The van der Waals surface area contributed by atoms with Crippen LogP contribution in [-0.2, 0) is 6.54 Å². The minimum absolute atomic E-state index is 0.119. The highest BCUT2D eigenvalue weighted by Gasteiger charge is 2.11. The molecular formula is C15H19N3OS. The van der Waals surface area contributed by atoms with Gasteiger partial charge in [-0.3, -0.25) is 4.79 Å². The van der Waals surface area contributed by atoms with Crippen LogP contribution in [0.1, 0.15) is 46.9 Å². The van der Waals surface area contributed by atoms with Crippen molar-refractivity contribution in [3.63, 3.8) is 0 Å². The van der Waals surface area contributed by atoms with E-state index in [2.05, 4.69) is 21.1 Å². The molecule has 0 aromatic carbocycles. The van der Waals surface area contributed by atoms with Gasteiger partial charge in [-0.1, -0.05) is 13.8 Å². The maximum Gasteiger partial charge on any atom is 0.251 e. The van der Waals surface area contributed by atoms with Crippen molar-refractivity contribution in [2.45, 2.75) is 33.2 Å². The fourth-order valence-corrected chi connectivity index (χ4v) is 2.70. The first-order chi connectivity index (χ1) is 9.47. The molecule has 2 rings (SSSR count). The lowest BCUT2D eigenvalue weighted by Gasteiger charge is -2.10. The van der Waals surface area contributed by atoms with Gasteiger partial charge in [-0.05, 0) is 46.9 Å². The van der Waals surface area contributed by atoms with Gasteiger partial charge in [-0.25, -0.2) is 4.98 Å². The summed E-state index contributed by atoms with van der Waals surface area (Å²) in [5.41, 5.74) is 9.51. The summed E-state index contributed by atoms with van der Waals surface area (Å²) in [6.07, 6.45) is 0. The summed E-state index contributed by atoms with van der Waals surface area (Å²) < 4.78 is 0. The molecule has 2 aromatic rings. The average Bonchev–Trinajstić information content (AvgIpc) is 2.80. The molecule has 0 bridgehead atoms. The largest absolute Gasteiger partial charge is 0.384 e. The first-order valence-corrected chi connectivity index (χ1v) is 7.49. The normalized spacial score (nSPS) is 10.8. The number of anilines is 1. The number of nitrogen functional groups attached to an aromatic ring is 1. The summed E-state index contributed by atoms with van der Waals surface area (Å²) in [5, 5.41) is 7.04. The SMILES string of the molecule is Cc1cscc1CNC(=O)c1cc(N)nc(C(C)C)c1. The van der Waals surface area contributed by atoms with Crippen LogP contribution in [0.15, 0.2) is 22.9 Å². The van der Waals surface area contributed by atoms with Crippen LogP contribution in [0.4, 0.5) is 5.82 Å². The molecule has 2 aromatic heterocycles. The van der Waals surface area contributed by atoms with Crippen molar-refractivity contribution in [3.05, 3.63) is 45.3 Å². The molecule has 0 saturated heterocycles. The minimum Gasteiger partial charge on any atom is -0.384 e. The van der Waals surface area contributed by atoms with Crippen LogP contribution in [0.5, 0.6) is 0 Å². The number of aryl methyl sites for hydroxylation is 1. The summed E-state index contributed by atoms with van der Waals surface area (Å²) >= 11 is 1.64. The van der Waals surface area contributed by atoms with Crippen molar-refractivity contribution >= 4 is 23.1 Å².